The van der Waals surface area contributed by atoms with Crippen molar-refractivity contribution in [3.63, 3.8) is 0 Å². The number of thiocarbonyl (C=S) groups is 1. The molecule has 0 amide bonds. The number of anilines is 1. The largest absolute Gasteiger partial charge is 0.351 e. The van der Waals surface area contributed by atoms with Gasteiger partial charge >= 0.3 is 0 Å². The molecule has 0 aliphatic carbocycles. The van der Waals surface area contributed by atoms with Crippen LogP contribution in [-0.2, 0) is 0 Å². The van der Waals surface area contributed by atoms with Crippen molar-refractivity contribution >= 4 is 23.0 Å². The molecule has 2 aromatic heterocycles. The van der Waals surface area contributed by atoms with Gasteiger partial charge in [-0.3, -0.25) is 4.98 Å². The highest BCUT2D eigenvalue weighted by Crippen LogP contribution is 2.43. The third kappa shape index (κ3) is 3.88. The maximum Gasteiger partial charge on any atom is 0.174 e. The quantitative estimate of drug-likeness (QED) is 0.349. The number of rotatable bonds is 4. The van der Waals surface area contributed by atoms with Crippen LogP contribution in [-0.4, -0.2) is 14.7 Å². The summed E-state index contributed by atoms with van der Waals surface area (Å²) >= 11 is 5.81. The number of pyridine rings is 1. The van der Waals surface area contributed by atoms with Crippen LogP contribution in [0.15, 0.2) is 72.9 Å². The fourth-order valence-corrected chi connectivity index (χ4v) is 5.46. The van der Waals surface area contributed by atoms with Crippen molar-refractivity contribution in [1.82, 2.24) is 14.9 Å². The summed E-state index contributed by atoms with van der Waals surface area (Å²) in [7, 11) is 0. The Balaban J connectivity index is 1.69. The molecular formula is C28H27FN4S. The molecule has 4 aromatic rings. The minimum atomic E-state index is -0.271. The molecule has 1 saturated heterocycles. The van der Waals surface area contributed by atoms with E-state index in [1.54, 1.807) is 18.3 Å². The molecule has 172 valence electrons. The van der Waals surface area contributed by atoms with Gasteiger partial charge in [0.25, 0.3) is 0 Å². The maximum atomic E-state index is 13.7. The van der Waals surface area contributed by atoms with E-state index in [2.05, 4.69) is 71.7 Å². The molecule has 1 aliphatic rings. The molecular weight excluding hydrogens is 443 g/mol. The highest BCUT2D eigenvalue weighted by Gasteiger charge is 2.42. The van der Waals surface area contributed by atoms with Gasteiger partial charge < -0.3 is 14.8 Å². The first-order valence-electron chi connectivity index (χ1n) is 11.4. The molecule has 0 spiro atoms. The van der Waals surface area contributed by atoms with E-state index in [-0.39, 0.29) is 17.9 Å². The van der Waals surface area contributed by atoms with Crippen LogP contribution in [0.2, 0.25) is 0 Å². The van der Waals surface area contributed by atoms with Gasteiger partial charge in [0.1, 0.15) is 5.82 Å². The second kappa shape index (κ2) is 8.69. The molecule has 34 heavy (non-hydrogen) atoms. The number of aromatic nitrogens is 2. The number of hydrogen-bond donors (Lipinski definition) is 1. The maximum absolute atomic E-state index is 13.7. The summed E-state index contributed by atoms with van der Waals surface area (Å²) in [6, 6.07) is 21.0. The number of nitrogens with one attached hydrogen (secondary N) is 1. The van der Waals surface area contributed by atoms with Crippen LogP contribution >= 0.6 is 12.2 Å². The predicted molar refractivity (Wildman–Crippen MR) is 139 cm³/mol. The van der Waals surface area contributed by atoms with Crippen LogP contribution in [0.3, 0.4) is 0 Å². The Kier molecular flexibility index (Phi) is 5.70. The van der Waals surface area contributed by atoms with E-state index in [4.69, 9.17) is 12.2 Å². The summed E-state index contributed by atoms with van der Waals surface area (Å²) in [5, 5.41) is 4.09. The Bertz CT molecular complexity index is 1340. The summed E-state index contributed by atoms with van der Waals surface area (Å²) in [6.07, 6.45) is 1.80. The second-order valence-corrected chi connectivity index (χ2v) is 9.37. The number of nitrogens with zero attached hydrogens (tertiary/aromatic N) is 3. The molecule has 0 saturated carbocycles. The first kappa shape index (κ1) is 22.3. The first-order valence-corrected chi connectivity index (χ1v) is 11.8. The van der Waals surface area contributed by atoms with Gasteiger partial charge in [-0.1, -0.05) is 12.1 Å². The molecule has 0 bridgehead atoms. The summed E-state index contributed by atoms with van der Waals surface area (Å²) in [6.45, 7) is 8.53. The molecule has 1 aliphatic heterocycles. The van der Waals surface area contributed by atoms with E-state index in [0.29, 0.717) is 5.11 Å². The average Bonchev–Trinajstić information content (AvgIpc) is 3.29. The Hall–Kier alpha value is -3.51. The lowest BCUT2D eigenvalue weighted by Gasteiger charge is -2.28. The van der Waals surface area contributed by atoms with Crippen molar-refractivity contribution in [2.75, 3.05) is 4.90 Å². The molecule has 4 nitrogen and oxygen atoms in total. The normalized spacial score (nSPS) is 17.8. The number of benzene rings is 2. The van der Waals surface area contributed by atoms with Crippen molar-refractivity contribution in [3.05, 3.63) is 113 Å². The van der Waals surface area contributed by atoms with Crippen LogP contribution in [0, 0.1) is 33.5 Å². The van der Waals surface area contributed by atoms with Gasteiger partial charge in [0.05, 0.1) is 17.8 Å². The first-order chi connectivity index (χ1) is 16.3. The molecule has 6 heteroatoms. The Morgan fingerprint density at radius 2 is 1.59 bits per heavy atom. The van der Waals surface area contributed by atoms with Gasteiger partial charge in [0.15, 0.2) is 5.11 Å². The van der Waals surface area contributed by atoms with Gasteiger partial charge in [-0.25, -0.2) is 4.39 Å². The third-order valence-corrected chi connectivity index (χ3v) is 6.77. The molecule has 5 rings (SSSR count). The highest BCUT2D eigenvalue weighted by molar-refractivity contribution is 7.80. The van der Waals surface area contributed by atoms with E-state index >= 15 is 0 Å². The van der Waals surface area contributed by atoms with Gasteiger partial charge in [-0.2, -0.15) is 0 Å². The smallest absolute Gasteiger partial charge is 0.174 e. The number of halogens is 1. The SMILES string of the molecule is Cc1cc(C)cc(-n2c(C)cc([C@@H]3[C@@H](c4ccccn4)NC(=S)N3c3ccc(F)cc3)c2C)c1. The van der Waals surface area contributed by atoms with Gasteiger partial charge in [0.2, 0.25) is 0 Å². The monoisotopic (exact) mass is 470 g/mol. The van der Waals surface area contributed by atoms with Crippen LogP contribution < -0.4 is 10.2 Å². The van der Waals surface area contributed by atoms with E-state index in [0.717, 1.165) is 34.0 Å². The lowest BCUT2D eigenvalue weighted by Crippen LogP contribution is -2.29. The van der Waals surface area contributed by atoms with E-state index < -0.39 is 0 Å². The van der Waals surface area contributed by atoms with E-state index in [1.807, 2.05) is 18.2 Å². The number of aryl methyl sites for hydroxylation is 3. The van der Waals surface area contributed by atoms with Gasteiger partial charge in [0, 0.05) is 29.0 Å². The Labute approximate surface area is 205 Å². The zero-order chi connectivity index (χ0) is 24.0. The number of hydrogen-bond acceptors (Lipinski definition) is 2. The van der Waals surface area contributed by atoms with E-state index in [9.17, 15) is 4.39 Å². The summed E-state index contributed by atoms with van der Waals surface area (Å²) < 4.78 is 16.0. The molecule has 0 unspecified atom stereocenters. The van der Waals surface area contributed by atoms with Crippen molar-refractivity contribution in [3.8, 4) is 5.69 Å². The van der Waals surface area contributed by atoms with Crippen molar-refractivity contribution in [1.29, 1.82) is 0 Å². The second-order valence-electron chi connectivity index (χ2n) is 8.98. The topological polar surface area (TPSA) is 33.1 Å². The fourth-order valence-electron chi connectivity index (χ4n) is 5.11. The molecule has 0 radical (unpaired) electrons. The molecule has 1 fully saturated rings. The Morgan fingerprint density at radius 1 is 0.882 bits per heavy atom. The van der Waals surface area contributed by atoms with Crippen LogP contribution in [0.25, 0.3) is 5.69 Å². The van der Waals surface area contributed by atoms with Crippen LogP contribution in [0.4, 0.5) is 10.1 Å². The highest BCUT2D eigenvalue weighted by atomic mass is 32.1. The summed E-state index contributed by atoms with van der Waals surface area (Å²) in [4.78, 5) is 6.72. The van der Waals surface area contributed by atoms with Gasteiger partial charge in [-0.15, -0.1) is 0 Å². The van der Waals surface area contributed by atoms with Crippen molar-refractivity contribution < 1.29 is 4.39 Å². The summed E-state index contributed by atoms with van der Waals surface area (Å²) in [5.74, 6) is -0.271. The zero-order valence-corrected chi connectivity index (χ0v) is 20.5. The minimum Gasteiger partial charge on any atom is -0.351 e. The van der Waals surface area contributed by atoms with Gasteiger partial charge in [-0.05, 0) is 111 Å². The lowest BCUT2D eigenvalue weighted by atomic mass is 9.96. The van der Waals surface area contributed by atoms with Crippen molar-refractivity contribution in [2.24, 2.45) is 0 Å². The van der Waals surface area contributed by atoms with Crippen LogP contribution in [0.5, 0.6) is 0 Å². The lowest BCUT2D eigenvalue weighted by molar-refractivity contribution is 0.565. The van der Waals surface area contributed by atoms with Crippen LogP contribution in [0.1, 0.15) is 45.9 Å². The average molecular weight is 471 g/mol. The minimum absolute atomic E-state index is 0.140. The third-order valence-electron chi connectivity index (χ3n) is 6.46. The molecule has 2 aromatic carbocycles. The Morgan fingerprint density at radius 3 is 2.24 bits per heavy atom. The van der Waals surface area contributed by atoms with E-state index in [1.165, 1.54) is 23.3 Å². The predicted octanol–water partition coefficient (Wildman–Crippen LogP) is 6.42. The zero-order valence-electron chi connectivity index (χ0n) is 19.7. The fraction of sp³-hybridized carbons (Fsp3) is 0.214. The summed E-state index contributed by atoms with van der Waals surface area (Å²) in [5.41, 5.74) is 8.81. The standard InChI is InChI=1S/C28H27FN4S/c1-17-13-18(2)15-23(14-17)32-19(3)16-24(20(32)4)27-26(25-7-5-6-12-30-25)31-28(34)33(27)22-10-8-21(29)9-11-22/h5-16,26-27H,1-4H3,(H,31,34)/t26-,27-/m1/s1. The molecule has 3 heterocycles. The molecule has 1 N–H and O–H groups in total. The van der Waals surface area contributed by atoms with Crippen molar-refractivity contribution in [2.45, 2.75) is 39.8 Å². The molecule has 2 atom stereocenters.